The van der Waals surface area contributed by atoms with Crippen molar-refractivity contribution in [2.75, 3.05) is 11.5 Å². The second kappa shape index (κ2) is 4.31. The Balaban J connectivity index is 2.29. The van der Waals surface area contributed by atoms with E-state index in [9.17, 15) is 4.39 Å². The van der Waals surface area contributed by atoms with Gasteiger partial charge < -0.3 is 5.73 Å². The third-order valence-corrected chi connectivity index (χ3v) is 3.35. The molecule has 0 spiro atoms. The maximum absolute atomic E-state index is 12.6. The van der Waals surface area contributed by atoms with E-state index in [4.69, 9.17) is 5.73 Å². The molecule has 0 bridgehead atoms. The average Bonchev–Trinajstić information content (AvgIpc) is 1.93. The lowest BCUT2D eigenvalue weighted by atomic mass is 9.94. The standard InChI is InChI=1S/C8H16FNS/c1-6(9)4-7-5-11-3-2-8(7)10/h6-8H,2-5,10H2,1H3. The fraction of sp³-hybridized carbons (Fsp3) is 1.00. The quantitative estimate of drug-likeness (QED) is 0.696. The van der Waals surface area contributed by atoms with Crippen LogP contribution in [0.5, 0.6) is 0 Å². The van der Waals surface area contributed by atoms with Gasteiger partial charge in [0.25, 0.3) is 0 Å². The zero-order valence-corrected chi connectivity index (χ0v) is 7.74. The van der Waals surface area contributed by atoms with E-state index in [1.807, 2.05) is 11.8 Å². The smallest absolute Gasteiger partial charge is 0.0977 e. The maximum Gasteiger partial charge on any atom is 0.0977 e. The molecular formula is C8H16FNS. The Morgan fingerprint density at radius 3 is 3.00 bits per heavy atom. The molecule has 0 aliphatic carbocycles. The fourth-order valence-electron chi connectivity index (χ4n) is 1.47. The van der Waals surface area contributed by atoms with Crippen molar-refractivity contribution < 1.29 is 4.39 Å². The highest BCUT2D eigenvalue weighted by atomic mass is 32.2. The lowest BCUT2D eigenvalue weighted by Crippen LogP contribution is -2.36. The van der Waals surface area contributed by atoms with Crippen molar-refractivity contribution in [2.45, 2.75) is 32.0 Å². The van der Waals surface area contributed by atoms with Crippen LogP contribution in [0, 0.1) is 5.92 Å². The highest BCUT2D eigenvalue weighted by Crippen LogP contribution is 2.25. The van der Waals surface area contributed by atoms with Crippen LogP contribution in [0.15, 0.2) is 0 Å². The normalized spacial score (nSPS) is 35.2. The minimum atomic E-state index is -0.690. The topological polar surface area (TPSA) is 26.0 Å². The first-order valence-electron chi connectivity index (χ1n) is 4.17. The van der Waals surface area contributed by atoms with Crippen molar-refractivity contribution in [3.05, 3.63) is 0 Å². The molecule has 3 atom stereocenters. The van der Waals surface area contributed by atoms with Crippen molar-refractivity contribution in [3.8, 4) is 0 Å². The molecule has 0 aromatic heterocycles. The van der Waals surface area contributed by atoms with E-state index in [2.05, 4.69) is 0 Å². The first-order valence-corrected chi connectivity index (χ1v) is 5.33. The van der Waals surface area contributed by atoms with Gasteiger partial charge in [-0.25, -0.2) is 4.39 Å². The van der Waals surface area contributed by atoms with Crippen molar-refractivity contribution in [3.63, 3.8) is 0 Å². The summed E-state index contributed by atoms with van der Waals surface area (Å²) in [4.78, 5) is 0. The van der Waals surface area contributed by atoms with Crippen LogP contribution >= 0.6 is 11.8 Å². The first-order chi connectivity index (χ1) is 5.20. The number of alkyl halides is 1. The van der Waals surface area contributed by atoms with Crippen molar-refractivity contribution in [1.82, 2.24) is 0 Å². The summed E-state index contributed by atoms with van der Waals surface area (Å²) in [5.41, 5.74) is 5.85. The molecule has 1 aliphatic heterocycles. The molecule has 1 heterocycles. The molecule has 11 heavy (non-hydrogen) atoms. The Morgan fingerprint density at radius 1 is 1.73 bits per heavy atom. The molecule has 1 saturated heterocycles. The summed E-state index contributed by atoms with van der Waals surface area (Å²) < 4.78 is 12.6. The Morgan fingerprint density at radius 2 is 2.45 bits per heavy atom. The van der Waals surface area contributed by atoms with Crippen LogP contribution in [-0.2, 0) is 0 Å². The van der Waals surface area contributed by atoms with Crippen molar-refractivity contribution >= 4 is 11.8 Å². The van der Waals surface area contributed by atoms with E-state index in [0.717, 1.165) is 17.9 Å². The Bertz CT molecular complexity index is 119. The van der Waals surface area contributed by atoms with E-state index in [-0.39, 0.29) is 6.04 Å². The molecule has 0 saturated carbocycles. The van der Waals surface area contributed by atoms with Crippen LogP contribution in [0.3, 0.4) is 0 Å². The minimum Gasteiger partial charge on any atom is -0.327 e. The second-order valence-electron chi connectivity index (χ2n) is 3.30. The molecule has 0 radical (unpaired) electrons. The van der Waals surface area contributed by atoms with Gasteiger partial charge in [0.2, 0.25) is 0 Å². The first kappa shape index (κ1) is 9.33. The van der Waals surface area contributed by atoms with E-state index in [1.54, 1.807) is 6.92 Å². The molecule has 1 nitrogen and oxygen atoms in total. The summed E-state index contributed by atoms with van der Waals surface area (Å²) in [6.45, 7) is 1.62. The maximum atomic E-state index is 12.6. The van der Waals surface area contributed by atoms with Gasteiger partial charge in [0.15, 0.2) is 0 Å². The summed E-state index contributed by atoms with van der Waals surface area (Å²) in [5, 5.41) is 0. The highest BCUT2D eigenvalue weighted by molar-refractivity contribution is 7.99. The molecule has 66 valence electrons. The highest BCUT2D eigenvalue weighted by Gasteiger charge is 2.23. The van der Waals surface area contributed by atoms with Gasteiger partial charge in [-0.15, -0.1) is 0 Å². The van der Waals surface area contributed by atoms with Gasteiger partial charge >= 0.3 is 0 Å². The molecule has 0 amide bonds. The summed E-state index contributed by atoms with van der Waals surface area (Å²) in [7, 11) is 0. The van der Waals surface area contributed by atoms with Crippen LogP contribution in [0.4, 0.5) is 4.39 Å². The fourth-order valence-corrected chi connectivity index (χ4v) is 2.76. The molecular weight excluding hydrogens is 161 g/mol. The summed E-state index contributed by atoms with van der Waals surface area (Å²) in [5.74, 6) is 2.61. The van der Waals surface area contributed by atoms with E-state index >= 15 is 0 Å². The number of hydrogen-bond acceptors (Lipinski definition) is 2. The molecule has 1 fully saturated rings. The van der Waals surface area contributed by atoms with Crippen LogP contribution in [0.1, 0.15) is 19.8 Å². The second-order valence-corrected chi connectivity index (χ2v) is 4.45. The van der Waals surface area contributed by atoms with Crippen LogP contribution < -0.4 is 5.73 Å². The largest absolute Gasteiger partial charge is 0.327 e. The zero-order chi connectivity index (χ0) is 8.27. The van der Waals surface area contributed by atoms with Gasteiger partial charge in [-0.3, -0.25) is 0 Å². The van der Waals surface area contributed by atoms with Crippen molar-refractivity contribution in [1.29, 1.82) is 0 Å². The van der Waals surface area contributed by atoms with Crippen LogP contribution in [-0.4, -0.2) is 23.7 Å². The predicted molar refractivity (Wildman–Crippen MR) is 48.6 cm³/mol. The lowest BCUT2D eigenvalue weighted by Gasteiger charge is -2.28. The number of thioether (sulfide) groups is 1. The average molecular weight is 177 g/mol. The number of hydrogen-bond donors (Lipinski definition) is 1. The third kappa shape index (κ3) is 2.99. The molecule has 1 aliphatic rings. The van der Waals surface area contributed by atoms with Gasteiger partial charge in [0.1, 0.15) is 0 Å². The van der Waals surface area contributed by atoms with Gasteiger partial charge in [-0.05, 0) is 37.2 Å². The van der Waals surface area contributed by atoms with Crippen LogP contribution in [0.2, 0.25) is 0 Å². The monoisotopic (exact) mass is 177 g/mol. The van der Waals surface area contributed by atoms with Crippen LogP contribution in [0.25, 0.3) is 0 Å². The third-order valence-electron chi connectivity index (χ3n) is 2.16. The van der Waals surface area contributed by atoms with Gasteiger partial charge in [-0.1, -0.05) is 0 Å². The summed E-state index contributed by atoms with van der Waals surface area (Å²) in [6, 6.07) is 0.245. The van der Waals surface area contributed by atoms with Gasteiger partial charge in [-0.2, -0.15) is 11.8 Å². The molecule has 1 rings (SSSR count). The van der Waals surface area contributed by atoms with Gasteiger partial charge in [0, 0.05) is 6.04 Å². The SMILES string of the molecule is CC(F)CC1CSCCC1N. The molecule has 3 heteroatoms. The Kier molecular flexibility index (Phi) is 3.66. The minimum absolute atomic E-state index is 0.245. The van der Waals surface area contributed by atoms with E-state index in [1.165, 1.54) is 0 Å². The summed E-state index contributed by atoms with van der Waals surface area (Å²) >= 11 is 1.90. The van der Waals surface area contributed by atoms with E-state index in [0.29, 0.717) is 12.3 Å². The predicted octanol–water partition coefficient (Wildman–Crippen LogP) is 1.81. The zero-order valence-electron chi connectivity index (χ0n) is 6.92. The van der Waals surface area contributed by atoms with E-state index < -0.39 is 6.17 Å². The molecule has 3 unspecified atom stereocenters. The molecule has 2 N–H and O–H groups in total. The molecule has 0 aromatic rings. The van der Waals surface area contributed by atoms with Crippen molar-refractivity contribution in [2.24, 2.45) is 11.7 Å². The number of nitrogens with two attached hydrogens (primary N) is 1. The lowest BCUT2D eigenvalue weighted by molar-refractivity contribution is 0.274. The Hall–Kier alpha value is 0.240. The summed E-state index contributed by atoms with van der Waals surface area (Å²) in [6.07, 6.45) is 1.01. The van der Waals surface area contributed by atoms with Gasteiger partial charge in [0.05, 0.1) is 6.17 Å². The Labute approximate surface area is 71.9 Å². The number of rotatable bonds is 2. The number of halogens is 1. The molecule has 0 aromatic carbocycles.